The predicted octanol–water partition coefficient (Wildman–Crippen LogP) is 1.27. The largest absolute Gasteiger partial charge is 0.476 e. The van der Waals surface area contributed by atoms with E-state index in [9.17, 15) is 14.9 Å². The second-order valence-corrected chi connectivity index (χ2v) is 3.65. The molecule has 0 heterocycles. The minimum absolute atomic E-state index is 0.0827. The molecule has 0 amide bonds. The van der Waals surface area contributed by atoms with E-state index in [1.807, 2.05) is 0 Å². The van der Waals surface area contributed by atoms with Crippen molar-refractivity contribution >= 4 is 5.97 Å². The van der Waals surface area contributed by atoms with Gasteiger partial charge in [0, 0.05) is 11.3 Å². The first-order valence-electron chi connectivity index (χ1n) is 4.52. The number of carbonyl (C=O) groups is 1. The Morgan fingerprint density at radius 3 is 2.47 bits per heavy atom. The van der Waals surface area contributed by atoms with Crippen LogP contribution in [0.25, 0.3) is 0 Å². The highest BCUT2D eigenvalue weighted by atomic mass is 16.6. The van der Waals surface area contributed by atoms with Crippen molar-refractivity contribution in [1.29, 1.82) is 0 Å². The number of rotatable bonds is 3. The summed E-state index contributed by atoms with van der Waals surface area (Å²) in [6.07, 6.45) is 0.0827. The number of benzene rings is 1. The Morgan fingerprint density at radius 2 is 2.07 bits per heavy atom. The fourth-order valence-corrected chi connectivity index (χ4v) is 1.85. The molecule has 2 rings (SSSR count). The van der Waals surface area contributed by atoms with Crippen LogP contribution in [-0.4, -0.2) is 21.5 Å². The number of carboxylic acid groups (broad SMARTS) is 1. The van der Waals surface area contributed by atoms with E-state index < -0.39 is 22.3 Å². The molecular weight excluding hydrogens is 198 g/mol. The average molecular weight is 207 g/mol. The van der Waals surface area contributed by atoms with E-state index in [0.717, 1.165) is 5.56 Å². The minimum atomic E-state index is -1.79. The van der Waals surface area contributed by atoms with Crippen LogP contribution in [0, 0.1) is 10.1 Å². The van der Waals surface area contributed by atoms with Gasteiger partial charge in [-0.3, -0.25) is 10.1 Å². The molecule has 0 aromatic heterocycles. The molecule has 78 valence electrons. The molecule has 1 aromatic rings. The van der Waals surface area contributed by atoms with E-state index in [0.29, 0.717) is 0 Å². The standard InChI is InChI=1S/C10H9NO4/c12-9(13)10(11(14)15)6-8(10)7-4-2-1-3-5-7/h1-5,8H,6H2,(H,12,13). The van der Waals surface area contributed by atoms with Crippen LogP contribution >= 0.6 is 0 Å². The van der Waals surface area contributed by atoms with Crippen LogP contribution in [0.5, 0.6) is 0 Å². The second-order valence-electron chi connectivity index (χ2n) is 3.65. The molecular formula is C10H9NO4. The number of carboxylic acids is 1. The molecule has 1 saturated carbocycles. The Bertz CT molecular complexity index is 401. The average Bonchev–Trinajstić information content (AvgIpc) is 2.95. The number of hydrogen-bond acceptors (Lipinski definition) is 3. The van der Waals surface area contributed by atoms with Crippen molar-refractivity contribution in [3.8, 4) is 0 Å². The molecule has 1 aliphatic rings. The molecule has 0 saturated heterocycles. The number of nitro groups is 1. The molecule has 0 spiro atoms. The lowest BCUT2D eigenvalue weighted by Gasteiger charge is -2.03. The van der Waals surface area contributed by atoms with Gasteiger partial charge in [-0.1, -0.05) is 30.3 Å². The van der Waals surface area contributed by atoms with Crippen molar-refractivity contribution in [2.24, 2.45) is 0 Å². The molecule has 1 aromatic carbocycles. The summed E-state index contributed by atoms with van der Waals surface area (Å²) in [6, 6.07) is 8.73. The molecule has 0 bridgehead atoms. The fourth-order valence-electron chi connectivity index (χ4n) is 1.85. The molecule has 1 N–H and O–H groups in total. The first kappa shape index (κ1) is 9.64. The van der Waals surface area contributed by atoms with Crippen LogP contribution in [0.1, 0.15) is 17.9 Å². The highest BCUT2D eigenvalue weighted by Gasteiger charge is 2.73. The van der Waals surface area contributed by atoms with Gasteiger partial charge in [-0.2, -0.15) is 0 Å². The van der Waals surface area contributed by atoms with E-state index in [1.54, 1.807) is 30.3 Å². The number of nitrogens with zero attached hydrogens (tertiary/aromatic N) is 1. The lowest BCUT2D eigenvalue weighted by Crippen LogP contribution is -2.33. The molecule has 5 nitrogen and oxygen atoms in total. The van der Waals surface area contributed by atoms with Crippen LogP contribution < -0.4 is 0 Å². The summed E-state index contributed by atoms with van der Waals surface area (Å²) in [5.41, 5.74) is -1.07. The SMILES string of the molecule is O=C(O)C1([N+](=O)[O-])CC1c1ccccc1. The first-order chi connectivity index (χ1) is 7.09. The monoisotopic (exact) mass is 207 g/mol. The maximum absolute atomic E-state index is 10.9. The Hall–Kier alpha value is -1.91. The van der Waals surface area contributed by atoms with Crippen LogP contribution in [0.2, 0.25) is 0 Å². The highest BCUT2D eigenvalue weighted by Crippen LogP contribution is 2.53. The maximum atomic E-state index is 10.9. The van der Waals surface area contributed by atoms with Gasteiger partial charge in [0.15, 0.2) is 0 Å². The van der Waals surface area contributed by atoms with Gasteiger partial charge in [0.25, 0.3) is 0 Å². The third kappa shape index (κ3) is 1.27. The van der Waals surface area contributed by atoms with Crippen LogP contribution in [0.4, 0.5) is 0 Å². The topological polar surface area (TPSA) is 80.4 Å². The van der Waals surface area contributed by atoms with Gasteiger partial charge >= 0.3 is 11.5 Å². The van der Waals surface area contributed by atoms with Crippen LogP contribution in [0.15, 0.2) is 30.3 Å². The van der Waals surface area contributed by atoms with Crippen molar-refractivity contribution in [2.45, 2.75) is 17.9 Å². The zero-order valence-electron chi connectivity index (χ0n) is 7.79. The van der Waals surface area contributed by atoms with Crippen molar-refractivity contribution in [1.82, 2.24) is 0 Å². The molecule has 5 heteroatoms. The zero-order valence-corrected chi connectivity index (χ0v) is 7.79. The Labute approximate surface area is 85.5 Å². The highest BCUT2D eigenvalue weighted by molar-refractivity contribution is 5.83. The van der Waals surface area contributed by atoms with Gasteiger partial charge in [0.05, 0.1) is 5.92 Å². The molecule has 2 unspecified atom stereocenters. The molecule has 2 atom stereocenters. The zero-order chi connectivity index (χ0) is 11.1. The van der Waals surface area contributed by atoms with E-state index >= 15 is 0 Å². The number of aliphatic carboxylic acids is 1. The normalized spacial score (nSPS) is 28.4. The van der Waals surface area contributed by atoms with Gasteiger partial charge < -0.3 is 5.11 Å². The summed E-state index contributed by atoms with van der Waals surface area (Å²) in [5.74, 6) is -1.84. The maximum Gasteiger partial charge on any atom is 0.383 e. The molecule has 0 aliphatic heterocycles. The van der Waals surface area contributed by atoms with E-state index in [4.69, 9.17) is 5.11 Å². The molecule has 0 radical (unpaired) electrons. The van der Waals surface area contributed by atoms with Crippen LogP contribution in [-0.2, 0) is 4.79 Å². The van der Waals surface area contributed by atoms with Crippen molar-refractivity contribution < 1.29 is 14.8 Å². The van der Waals surface area contributed by atoms with Crippen LogP contribution in [0.3, 0.4) is 0 Å². The molecule has 15 heavy (non-hydrogen) atoms. The summed E-state index contributed by atoms with van der Waals surface area (Å²) >= 11 is 0. The summed E-state index contributed by atoms with van der Waals surface area (Å²) in [7, 11) is 0. The van der Waals surface area contributed by atoms with E-state index in [1.165, 1.54) is 0 Å². The quantitative estimate of drug-likeness (QED) is 0.597. The number of hydrogen-bond donors (Lipinski definition) is 1. The summed E-state index contributed by atoms with van der Waals surface area (Å²) in [6.45, 7) is 0. The Morgan fingerprint density at radius 1 is 1.47 bits per heavy atom. The van der Waals surface area contributed by atoms with E-state index in [2.05, 4.69) is 0 Å². The van der Waals surface area contributed by atoms with Crippen molar-refractivity contribution in [3.63, 3.8) is 0 Å². The van der Waals surface area contributed by atoms with Gasteiger partial charge in [0.1, 0.15) is 0 Å². The predicted molar refractivity (Wildman–Crippen MR) is 51.2 cm³/mol. The first-order valence-corrected chi connectivity index (χ1v) is 4.52. The summed E-state index contributed by atoms with van der Waals surface area (Å²) < 4.78 is 0. The second kappa shape index (κ2) is 3.05. The van der Waals surface area contributed by atoms with Crippen molar-refractivity contribution in [2.75, 3.05) is 0 Å². The Kier molecular flexibility index (Phi) is 1.96. The fraction of sp³-hybridized carbons (Fsp3) is 0.300. The van der Waals surface area contributed by atoms with Crippen molar-refractivity contribution in [3.05, 3.63) is 46.0 Å². The smallest absolute Gasteiger partial charge is 0.383 e. The molecule has 1 aliphatic carbocycles. The van der Waals surface area contributed by atoms with E-state index in [-0.39, 0.29) is 6.42 Å². The third-order valence-electron chi connectivity index (χ3n) is 2.83. The molecule has 1 fully saturated rings. The Balaban J connectivity index is 2.31. The van der Waals surface area contributed by atoms with Gasteiger partial charge in [-0.15, -0.1) is 0 Å². The summed E-state index contributed by atoms with van der Waals surface area (Å²) in [5, 5.41) is 19.6. The van der Waals surface area contributed by atoms with Gasteiger partial charge in [-0.25, -0.2) is 4.79 Å². The lowest BCUT2D eigenvalue weighted by molar-refractivity contribution is -0.526. The van der Waals surface area contributed by atoms with Gasteiger partial charge in [0.2, 0.25) is 0 Å². The van der Waals surface area contributed by atoms with Gasteiger partial charge in [-0.05, 0) is 5.56 Å². The lowest BCUT2D eigenvalue weighted by atomic mass is 10.1. The third-order valence-corrected chi connectivity index (χ3v) is 2.83. The summed E-state index contributed by atoms with van der Waals surface area (Å²) in [4.78, 5) is 20.9. The minimum Gasteiger partial charge on any atom is -0.476 e.